The first-order valence-corrected chi connectivity index (χ1v) is 6.49. The number of halogens is 1. The van der Waals surface area contributed by atoms with Gasteiger partial charge in [0.2, 0.25) is 0 Å². The van der Waals surface area contributed by atoms with Crippen LogP contribution < -0.4 is 16.0 Å². The SMILES string of the molecule is COc1cccc(CC(NN)c2ccc(C)cc2F)c1. The first-order chi connectivity index (χ1) is 9.63. The number of benzene rings is 2. The Bertz CT molecular complexity index is 586. The van der Waals surface area contributed by atoms with E-state index >= 15 is 0 Å². The molecule has 0 aromatic heterocycles. The van der Waals surface area contributed by atoms with Crippen molar-refractivity contribution in [2.75, 3.05) is 7.11 Å². The van der Waals surface area contributed by atoms with Gasteiger partial charge in [-0.25, -0.2) is 4.39 Å². The second-order valence-electron chi connectivity index (χ2n) is 4.80. The van der Waals surface area contributed by atoms with Crippen molar-refractivity contribution in [1.82, 2.24) is 5.43 Å². The van der Waals surface area contributed by atoms with Gasteiger partial charge in [-0.2, -0.15) is 0 Å². The predicted molar refractivity (Wildman–Crippen MR) is 77.9 cm³/mol. The van der Waals surface area contributed by atoms with Crippen LogP contribution in [0.2, 0.25) is 0 Å². The van der Waals surface area contributed by atoms with Gasteiger partial charge in [0, 0.05) is 5.56 Å². The molecule has 2 aromatic rings. The van der Waals surface area contributed by atoms with E-state index in [9.17, 15) is 4.39 Å². The smallest absolute Gasteiger partial charge is 0.128 e. The van der Waals surface area contributed by atoms with E-state index in [0.717, 1.165) is 16.9 Å². The third-order valence-electron chi connectivity index (χ3n) is 3.31. The number of hydrazine groups is 1. The van der Waals surface area contributed by atoms with Gasteiger partial charge < -0.3 is 4.74 Å². The number of nitrogens with one attached hydrogen (secondary N) is 1. The number of hydrogen-bond donors (Lipinski definition) is 2. The van der Waals surface area contributed by atoms with Gasteiger partial charge in [-0.3, -0.25) is 11.3 Å². The number of hydrogen-bond acceptors (Lipinski definition) is 3. The lowest BCUT2D eigenvalue weighted by molar-refractivity contribution is 0.413. The molecule has 1 unspecified atom stereocenters. The summed E-state index contributed by atoms with van der Waals surface area (Å²) < 4.78 is 19.2. The summed E-state index contributed by atoms with van der Waals surface area (Å²) in [7, 11) is 1.62. The van der Waals surface area contributed by atoms with Gasteiger partial charge >= 0.3 is 0 Å². The van der Waals surface area contributed by atoms with Crippen LogP contribution in [-0.2, 0) is 6.42 Å². The average Bonchev–Trinajstić information content (AvgIpc) is 2.45. The van der Waals surface area contributed by atoms with Crippen molar-refractivity contribution in [3.63, 3.8) is 0 Å². The lowest BCUT2D eigenvalue weighted by Gasteiger charge is -2.18. The Morgan fingerprint density at radius 2 is 2.05 bits per heavy atom. The molecule has 0 radical (unpaired) electrons. The van der Waals surface area contributed by atoms with Gasteiger partial charge in [-0.1, -0.05) is 24.3 Å². The molecule has 0 saturated carbocycles. The van der Waals surface area contributed by atoms with Crippen molar-refractivity contribution < 1.29 is 9.13 Å². The summed E-state index contributed by atoms with van der Waals surface area (Å²) in [6.45, 7) is 1.86. The molecule has 0 amide bonds. The number of aryl methyl sites for hydroxylation is 1. The lowest BCUT2D eigenvalue weighted by Crippen LogP contribution is -2.30. The maximum atomic E-state index is 14.0. The molecule has 0 heterocycles. The van der Waals surface area contributed by atoms with Gasteiger partial charge in [0.1, 0.15) is 11.6 Å². The molecule has 2 aromatic carbocycles. The van der Waals surface area contributed by atoms with E-state index in [0.29, 0.717) is 12.0 Å². The second kappa shape index (κ2) is 6.50. The van der Waals surface area contributed by atoms with Crippen LogP contribution in [0.3, 0.4) is 0 Å². The molecule has 106 valence electrons. The van der Waals surface area contributed by atoms with Crippen LogP contribution in [0.25, 0.3) is 0 Å². The maximum absolute atomic E-state index is 14.0. The van der Waals surface area contributed by atoms with Crippen molar-refractivity contribution in [3.05, 3.63) is 65.0 Å². The molecule has 0 bridgehead atoms. The summed E-state index contributed by atoms with van der Waals surface area (Å²) in [5, 5.41) is 0. The number of ether oxygens (including phenoxy) is 1. The highest BCUT2D eigenvalue weighted by Crippen LogP contribution is 2.23. The first kappa shape index (κ1) is 14.5. The monoisotopic (exact) mass is 274 g/mol. The van der Waals surface area contributed by atoms with Gasteiger partial charge in [-0.15, -0.1) is 0 Å². The summed E-state index contributed by atoms with van der Waals surface area (Å²) in [5.41, 5.74) is 5.18. The van der Waals surface area contributed by atoms with Gasteiger partial charge in [0.15, 0.2) is 0 Å². The molecule has 4 heteroatoms. The van der Waals surface area contributed by atoms with Gasteiger partial charge in [-0.05, 0) is 42.7 Å². The molecule has 20 heavy (non-hydrogen) atoms. The third-order valence-corrected chi connectivity index (χ3v) is 3.31. The Kier molecular flexibility index (Phi) is 4.71. The van der Waals surface area contributed by atoms with Crippen molar-refractivity contribution in [1.29, 1.82) is 0 Å². The fraction of sp³-hybridized carbons (Fsp3) is 0.250. The van der Waals surface area contributed by atoms with E-state index in [1.54, 1.807) is 13.2 Å². The predicted octanol–water partition coefficient (Wildman–Crippen LogP) is 2.89. The summed E-state index contributed by atoms with van der Waals surface area (Å²) in [6.07, 6.45) is 0.591. The molecular weight excluding hydrogens is 255 g/mol. The lowest BCUT2D eigenvalue weighted by atomic mass is 9.98. The quantitative estimate of drug-likeness (QED) is 0.651. The van der Waals surface area contributed by atoms with E-state index in [2.05, 4.69) is 5.43 Å². The largest absolute Gasteiger partial charge is 0.497 e. The maximum Gasteiger partial charge on any atom is 0.128 e. The van der Waals surface area contributed by atoms with E-state index in [1.165, 1.54) is 6.07 Å². The molecular formula is C16H19FN2O. The minimum absolute atomic E-state index is 0.240. The normalized spacial score (nSPS) is 12.2. The topological polar surface area (TPSA) is 47.3 Å². The highest BCUT2D eigenvalue weighted by atomic mass is 19.1. The van der Waals surface area contributed by atoms with Crippen LogP contribution >= 0.6 is 0 Å². The molecule has 0 saturated heterocycles. The molecule has 0 aliphatic rings. The second-order valence-corrected chi connectivity index (χ2v) is 4.80. The van der Waals surface area contributed by atoms with Crippen LogP contribution in [0, 0.1) is 12.7 Å². The number of rotatable bonds is 5. The van der Waals surface area contributed by atoms with Gasteiger partial charge in [0.05, 0.1) is 13.2 Å². The van der Waals surface area contributed by atoms with Crippen LogP contribution in [0.5, 0.6) is 5.75 Å². The zero-order valence-corrected chi connectivity index (χ0v) is 11.7. The number of methoxy groups -OCH3 is 1. The molecule has 0 fully saturated rings. The van der Waals surface area contributed by atoms with Gasteiger partial charge in [0.25, 0.3) is 0 Å². The van der Waals surface area contributed by atoms with Crippen LogP contribution in [0.4, 0.5) is 4.39 Å². The van der Waals surface area contributed by atoms with Crippen molar-refractivity contribution in [2.45, 2.75) is 19.4 Å². The summed E-state index contributed by atoms with van der Waals surface area (Å²) >= 11 is 0. The standard InChI is InChI=1S/C16H19FN2O/c1-11-6-7-14(15(17)8-11)16(19-18)10-12-4-3-5-13(9-12)20-2/h3-9,16,19H,10,18H2,1-2H3. The molecule has 1 atom stereocenters. The molecule has 0 aliphatic heterocycles. The molecule has 3 nitrogen and oxygen atoms in total. The fourth-order valence-electron chi connectivity index (χ4n) is 2.21. The van der Waals surface area contributed by atoms with Crippen molar-refractivity contribution in [2.24, 2.45) is 5.84 Å². The first-order valence-electron chi connectivity index (χ1n) is 6.49. The van der Waals surface area contributed by atoms with E-state index in [4.69, 9.17) is 10.6 Å². The Balaban J connectivity index is 2.23. The van der Waals surface area contributed by atoms with E-state index < -0.39 is 0 Å². The number of nitrogens with two attached hydrogens (primary N) is 1. The molecule has 0 spiro atoms. The Hall–Kier alpha value is -1.91. The van der Waals surface area contributed by atoms with E-state index in [1.807, 2.05) is 37.3 Å². The van der Waals surface area contributed by atoms with E-state index in [-0.39, 0.29) is 11.9 Å². The molecule has 3 N–H and O–H groups in total. The summed E-state index contributed by atoms with van der Waals surface area (Å²) in [4.78, 5) is 0. The molecule has 0 aliphatic carbocycles. The fourth-order valence-corrected chi connectivity index (χ4v) is 2.21. The Morgan fingerprint density at radius 3 is 2.70 bits per heavy atom. The zero-order chi connectivity index (χ0) is 14.5. The minimum Gasteiger partial charge on any atom is -0.497 e. The van der Waals surface area contributed by atoms with Crippen LogP contribution in [-0.4, -0.2) is 7.11 Å². The Labute approximate surface area is 118 Å². The van der Waals surface area contributed by atoms with Crippen LogP contribution in [0.15, 0.2) is 42.5 Å². The van der Waals surface area contributed by atoms with Crippen molar-refractivity contribution in [3.8, 4) is 5.75 Å². The average molecular weight is 274 g/mol. The zero-order valence-electron chi connectivity index (χ0n) is 11.7. The summed E-state index contributed by atoms with van der Waals surface area (Å²) in [6, 6.07) is 12.6. The summed E-state index contributed by atoms with van der Waals surface area (Å²) in [5.74, 6) is 6.12. The Morgan fingerprint density at radius 1 is 1.25 bits per heavy atom. The highest BCUT2D eigenvalue weighted by Gasteiger charge is 2.15. The van der Waals surface area contributed by atoms with Crippen LogP contribution in [0.1, 0.15) is 22.7 Å². The highest BCUT2D eigenvalue weighted by molar-refractivity contribution is 5.32. The van der Waals surface area contributed by atoms with Crippen molar-refractivity contribution >= 4 is 0 Å². The molecule has 2 rings (SSSR count). The third kappa shape index (κ3) is 3.35. The minimum atomic E-state index is -0.275.